The zero-order valence-corrected chi connectivity index (χ0v) is 11.9. The van der Waals surface area contributed by atoms with Crippen LogP contribution in [-0.2, 0) is 17.0 Å². The summed E-state index contributed by atoms with van der Waals surface area (Å²) in [7, 11) is 0. The Morgan fingerprint density at radius 1 is 1.45 bits per heavy atom. The first kappa shape index (κ1) is 13.2. The SMILES string of the molecule is Cc1noc(CSC2CCc3ccccc3NC2=O)n1. The largest absolute Gasteiger partial charge is 0.338 e. The van der Waals surface area contributed by atoms with Gasteiger partial charge in [-0.3, -0.25) is 4.79 Å². The number of carbonyl (C=O) groups is 1. The molecule has 3 rings (SSSR count). The maximum Gasteiger partial charge on any atom is 0.237 e. The molecule has 2 heterocycles. The maximum atomic E-state index is 12.2. The van der Waals surface area contributed by atoms with Crippen LogP contribution in [0.25, 0.3) is 0 Å². The number of aromatic nitrogens is 2. The highest BCUT2D eigenvalue weighted by Gasteiger charge is 2.24. The number of hydrogen-bond donors (Lipinski definition) is 1. The first-order valence-corrected chi connectivity index (χ1v) is 7.57. The van der Waals surface area contributed by atoms with Crippen molar-refractivity contribution in [2.45, 2.75) is 30.8 Å². The molecule has 1 N–H and O–H groups in total. The van der Waals surface area contributed by atoms with Gasteiger partial charge in [0, 0.05) is 5.69 Å². The molecular formula is C14H15N3O2S. The average molecular weight is 289 g/mol. The second-order valence-corrected chi connectivity index (χ2v) is 5.91. The van der Waals surface area contributed by atoms with E-state index >= 15 is 0 Å². The fraction of sp³-hybridized carbons (Fsp3) is 0.357. The molecule has 1 amide bonds. The highest BCUT2D eigenvalue weighted by Crippen LogP contribution is 2.28. The second kappa shape index (κ2) is 5.66. The molecule has 1 aliphatic heterocycles. The monoisotopic (exact) mass is 289 g/mol. The van der Waals surface area contributed by atoms with Crippen LogP contribution >= 0.6 is 11.8 Å². The number of anilines is 1. The van der Waals surface area contributed by atoms with E-state index in [4.69, 9.17) is 4.52 Å². The van der Waals surface area contributed by atoms with Gasteiger partial charge in [-0.15, -0.1) is 11.8 Å². The number of para-hydroxylation sites is 1. The van der Waals surface area contributed by atoms with Crippen molar-refractivity contribution < 1.29 is 9.32 Å². The molecule has 104 valence electrons. The number of nitrogens with one attached hydrogen (secondary N) is 1. The minimum atomic E-state index is -0.0883. The molecule has 0 fully saturated rings. The number of benzene rings is 1. The number of rotatable bonds is 3. The average Bonchev–Trinajstić information content (AvgIpc) is 2.78. The molecule has 0 spiro atoms. The van der Waals surface area contributed by atoms with Crippen molar-refractivity contribution >= 4 is 23.4 Å². The predicted molar refractivity (Wildman–Crippen MR) is 77.5 cm³/mol. The first-order valence-electron chi connectivity index (χ1n) is 6.52. The van der Waals surface area contributed by atoms with Crippen LogP contribution in [0, 0.1) is 6.92 Å². The van der Waals surface area contributed by atoms with Gasteiger partial charge in [-0.05, 0) is 31.4 Å². The van der Waals surface area contributed by atoms with Gasteiger partial charge < -0.3 is 9.84 Å². The quantitative estimate of drug-likeness (QED) is 0.940. The molecule has 2 aromatic rings. The van der Waals surface area contributed by atoms with Gasteiger partial charge in [0.1, 0.15) is 0 Å². The fourth-order valence-electron chi connectivity index (χ4n) is 2.22. The molecule has 0 bridgehead atoms. The molecular weight excluding hydrogens is 274 g/mol. The molecule has 6 heteroatoms. The Hall–Kier alpha value is -1.82. The van der Waals surface area contributed by atoms with Crippen molar-refractivity contribution in [1.29, 1.82) is 0 Å². The van der Waals surface area contributed by atoms with E-state index in [9.17, 15) is 4.79 Å². The predicted octanol–water partition coefficient (Wildman–Crippen LogP) is 2.56. The van der Waals surface area contributed by atoms with Gasteiger partial charge in [0.15, 0.2) is 5.82 Å². The summed E-state index contributed by atoms with van der Waals surface area (Å²) in [5.41, 5.74) is 2.12. The van der Waals surface area contributed by atoms with Crippen LogP contribution in [0.2, 0.25) is 0 Å². The van der Waals surface area contributed by atoms with Crippen LogP contribution < -0.4 is 5.32 Å². The van der Waals surface area contributed by atoms with E-state index in [-0.39, 0.29) is 11.2 Å². The lowest BCUT2D eigenvalue weighted by Crippen LogP contribution is -2.23. The summed E-state index contributed by atoms with van der Waals surface area (Å²) in [4.78, 5) is 16.4. The topological polar surface area (TPSA) is 68.0 Å². The van der Waals surface area contributed by atoms with Crippen molar-refractivity contribution in [2.24, 2.45) is 0 Å². The number of nitrogens with zero attached hydrogens (tertiary/aromatic N) is 2. The molecule has 1 aliphatic rings. The van der Waals surface area contributed by atoms with Gasteiger partial charge in [-0.25, -0.2) is 0 Å². The van der Waals surface area contributed by atoms with E-state index in [1.54, 1.807) is 18.7 Å². The normalized spacial score (nSPS) is 18.2. The van der Waals surface area contributed by atoms with Crippen LogP contribution in [0.15, 0.2) is 28.8 Å². The summed E-state index contributed by atoms with van der Waals surface area (Å²) >= 11 is 1.55. The van der Waals surface area contributed by atoms with Gasteiger partial charge in [-0.1, -0.05) is 23.4 Å². The number of carbonyl (C=O) groups excluding carboxylic acids is 1. The van der Waals surface area contributed by atoms with Gasteiger partial charge >= 0.3 is 0 Å². The Bertz CT molecular complexity index is 626. The van der Waals surface area contributed by atoms with Gasteiger partial charge in [0.2, 0.25) is 11.8 Å². The van der Waals surface area contributed by atoms with E-state index in [0.717, 1.165) is 18.5 Å². The third-order valence-corrected chi connectivity index (χ3v) is 4.49. The van der Waals surface area contributed by atoms with Crippen LogP contribution in [0.1, 0.15) is 23.7 Å². The van der Waals surface area contributed by atoms with E-state index in [1.165, 1.54) is 5.56 Å². The lowest BCUT2D eigenvalue weighted by atomic mass is 10.1. The van der Waals surface area contributed by atoms with Crippen LogP contribution in [0.3, 0.4) is 0 Å². The first-order chi connectivity index (χ1) is 9.72. The Morgan fingerprint density at radius 2 is 2.30 bits per heavy atom. The summed E-state index contributed by atoms with van der Waals surface area (Å²) < 4.78 is 5.07. The van der Waals surface area contributed by atoms with Gasteiger partial charge in [0.05, 0.1) is 11.0 Å². The minimum absolute atomic E-state index is 0.0520. The standard InChI is InChI=1S/C14H15N3O2S/c1-9-15-13(19-17-9)8-20-12-7-6-10-4-2-3-5-11(10)16-14(12)18/h2-5,12H,6-8H2,1H3,(H,16,18). The molecule has 0 radical (unpaired) electrons. The number of hydrogen-bond acceptors (Lipinski definition) is 5. The molecule has 1 aromatic heterocycles. The number of aryl methyl sites for hydroxylation is 2. The lowest BCUT2D eigenvalue weighted by molar-refractivity contribution is -0.115. The van der Waals surface area contributed by atoms with E-state index in [2.05, 4.69) is 21.5 Å². The molecule has 0 saturated heterocycles. The summed E-state index contributed by atoms with van der Waals surface area (Å²) in [6.45, 7) is 1.78. The molecule has 5 nitrogen and oxygen atoms in total. The minimum Gasteiger partial charge on any atom is -0.338 e. The van der Waals surface area contributed by atoms with Crippen molar-refractivity contribution in [3.05, 3.63) is 41.5 Å². The summed E-state index contributed by atoms with van der Waals surface area (Å²) in [5.74, 6) is 1.81. The Balaban J connectivity index is 1.65. The highest BCUT2D eigenvalue weighted by molar-refractivity contribution is 7.99. The van der Waals surface area contributed by atoms with Crippen LogP contribution in [0.4, 0.5) is 5.69 Å². The van der Waals surface area contributed by atoms with Crippen molar-refractivity contribution in [2.75, 3.05) is 5.32 Å². The van der Waals surface area contributed by atoms with Crippen molar-refractivity contribution in [3.63, 3.8) is 0 Å². The fourth-order valence-corrected chi connectivity index (χ4v) is 3.18. The summed E-state index contributed by atoms with van der Waals surface area (Å²) in [6.07, 6.45) is 1.72. The Labute approximate surface area is 121 Å². The number of fused-ring (bicyclic) bond motifs is 1. The Kier molecular flexibility index (Phi) is 3.73. The smallest absolute Gasteiger partial charge is 0.237 e. The molecule has 1 aromatic carbocycles. The zero-order chi connectivity index (χ0) is 13.9. The molecule has 0 aliphatic carbocycles. The van der Waals surface area contributed by atoms with Gasteiger partial charge in [-0.2, -0.15) is 4.98 Å². The number of thioether (sulfide) groups is 1. The maximum absolute atomic E-state index is 12.2. The zero-order valence-electron chi connectivity index (χ0n) is 11.1. The van der Waals surface area contributed by atoms with Crippen molar-refractivity contribution in [1.82, 2.24) is 10.1 Å². The van der Waals surface area contributed by atoms with E-state index < -0.39 is 0 Å². The van der Waals surface area contributed by atoms with E-state index in [0.29, 0.717) is 17.5 Å². The van der Waals surface area contributed by atoms with E-state index in [1.807, 2.05) is 18.2 Å². The lowest BCUT2D eigenvalue weighted by Gasteiger charge is -2.11. The molecule has 20 heavy (non-hydrogen) atoms. The summed E-state index contributed by atoms with van der Waals surface area (Å²) in [5, 5.41) is 6.65. The summed E-state index contributed by atoms with van der Waals surface area (Å²) in [6, 6.07) is 7.94. The Morgan fingerprint density at radius 3 is 3.10 bits per heavy atom. The van der Waals surface area contributed by atoms with Crippen molar-refractivity contribution in [3.8, 4) is 0 Å². The molecule has 1 atom stereocenters. The number of amides is 1. The second-order valence-electron chi connectivity index (χ2n) is 4.72. The highest BCUT2D eigenvalue weighted by atomic mass is 32.2. The molecule has 1 unspecified atom stereocenters. The third-order valence-electron chi connectivity index (χ3n) is 3.22. The van der Waals surface area contributed by atoms with Gasteiger partial charge in [0.25, 0.3) is 0 Å². The van der Waals surface area contributed by atoms with Crippen LogP contribution in [-0.4, -0.2) is 21.3 Å². The molecule has 0 saturated carbocycles. The third kappa shape index (κ3) is 2.85. The van der Waals surface area contributed by atoms with Crippen LogP contribution in [0.5, 0.6) is 0 Å².